The van der Waals surface area contributed by atoms with Gasteiger partial charge < -0.3 is 10.1 Å². The minimum absolute atomic E-state index is 0.255. The van der Waals surface area contributed by atoms with Crippen LogP contribution in [0.1, 0.15) is 13.8 Å². The van der Waals surface area contributed by atoms with Crippen LogP contribution >= 0.6 is 11.6 Å². The third-order valence-corrected chi connectivity index (χ3v) is 1.70. The summed E-state index contributed by atoms with van der Waals surface area (Å²) in [5.41, 5.74) is 0. The molecule has 4 nitrogen and oxygen atoms in total. The number of halogens is 1. The summed E-state index contributed by atoms with van der Waals surface area (Å²) in [5.74, 6) is 0.720. The standard InChI is InChI=1S/C9H14ClN3O/c1-7(2)14-4-3-11-9-5-8(10)12-6-13-9/h5-7H,3-4H2,1-2H3,(H,11,12,13). The zero-order valence-corrected chi connectivity index (χ0v) is 9.08. The molecule has 0 fully saturated rings. The Morgan fingerprint density at radius 3 is 2.93 bits per heavy atom. The molecule has 0 spiro atoms. The highest BCUT2D eigenvalue weighted by atomic mass is 35.5. The molecule has 14 heavy (non-hydrogen) atoms. The van der Waals surface area contributed by atoms with Crippen LogP contribution in [-0.4, -0.2) is 29.2 Å². The molecule has 5 heteroatoms. The van der Waals surface area contributed by atoms with Gasteiger partial charge in [0.2, 0.25) is 0 Å². The molecular weight excluding hydrogens is 202 g/mol. The molecular formula is C9H14ClN3O. The van der Waals surface area contributed by atoms with E-state index in [1.165, 1.54) is 6.33 Å². The van der Waals surface area contributed by atoms with Gasteiger partial charge in [-0.05, 0) is 13.8 Å². The molecule has 0 aliphatic rings. The molecule has 0 amide bonds. The van der Waals surface area contributed by atoms with Crippen LogP contribution in [0.15, 0.2) is 12.4 Å². The fraction of sp³-hybridized carbons (Fsp3) is 0.556. The summed E-state index contributed by atoms with van der Waals surface area (Å²) in [6.45, 7) is 5.37. The predicted octanol–water partition coefficient (Wildman–Crippen LogP) is 1.97. The Balaban J connectivity index is 2.25. The maximum atomic E-state index is 5.69. The Kier molecular flexibility index (Phi) is 4.62. The van der Waals surface area contributed by atoms with Crippen LogP contribution < -0.4 is 5.32 Å². The van der Waals surface area contributed by atoms with Crippen LogP contribution in [0.5, 0.6) is 0 Å². The fourth-order valence-corrected chi connectivity index (χ4v) is 1.05. The van der Waals surface area contributed by atoms with Crippen molar-refractivity contribution in [2.45, 2.75) is 20.0 Å². The predicted molar refractivity (Wildman–Crippen MR) is 56.6 cm³/mol. The van der Waals surface area contributed by atoms with E-state index in [9.17, 15) is 0 Å². The largest absolute Gasteiger partial charge is 0.377 e. The van der Waals surface area contributed by atoms with Gasteiger partial charge in [0.25, 0.3) is 0 Å². The van der Waals surface area contributed by atoms with Gasteiger partial charge in [-0.2, -0.15) is 0 Å². The summed E-state index contributed by atoms with van der Waals surface area (Å²) >= 11 is 5.69. The fourth-order valence-electron chi connectivity index (χ4n) is 0.904. The summed E-state index contributed by atoms with van der Waals surface area (Å²) < 4.78 is 5.35. The third-order valence-electron chi connectivity index (χ3n) is 1.49. The lowest BCUT2D eigenvalue weighted by Gasteiger charge is -2.08. The highest BCUT2D eigenvalue weighted by Crippen LogP contribution is 2.07. The molecule has 1 aromatic rings. The van der Waals surface area contributed by atoms with Gasteiger partial charge in [-0.1, -0.05) is 11.6 Å². The first-order chi connectivity index (χ1) is 6.68. The SMILES string of the molecule is CC(C)OCCNc1cc(Cl)ncn1. The van der Waals surface area contributed by atoms with Crippen molar-refractivity contribution in [3.63, 3.8) is 0 Å². The molecule has 0 radical (unpaired) electrons. The third kappa shape index (κ3) is 4.39. The molecule has 0 bridgehead atoms. The average molecular weight is 216 g/mol. The molecule has 0 saturated heterocycles. The Bertz CT molecular complexity index is 281. The lowest BCUT2D eigenvalue weighted by atomic mass is 10.5. The summed E-state index contributed by atoms with van der Waals surface area (Å²) in [5, 5.41) is 3.52. The van der Waals surface area contributed by atoms with Crippen molar-refractivity contribution in [2.24, 2.45) is 0 Å². The van der Waals surface area contributed by atoms with Gasteiger partial charge in [-0.25, -0.2) is 9.97 Å². The summed E-state index contributed by atoms with van der Waals surface area (Å²) in [7, 11) is 0. The minimum atomic E-state index is 0.255. The number of aromatic nitrogens is 2. The number of ether oxygens (including phenoxy) is 1. The van der Waals surface area contributed by atoms with Crippen molar-refractivity contribution in [1.82, 2.24) is 9.97 Å². The number of nitrogens with zero attached hydrogens (tertiary/aromatic N) is 2. The van der Waals surface area contributed by atoms with Crippen LogP contribution in [0.3, 0.4) is 0 Å². The minimum Gasteiger partial charge on any atom is -0.377 e. The molecule has 78 valence electrons. The second-order valence-corrected chi connectivity index (χ2v) is 3.46. The quantitative estimate of drug-likeness (QED) is 0.603. The van der Waals surface area contributed by atoms with Crippen molar-refractivity contribution in [1.29, 1.82) is 0 Å². The smallest absolute Gasteiger partial charge is 0.134 e. The van der Waals surface area contributed by atoms with E-state index in [4.69, 9.17) is 16.3 Å². The van der Waals surface area contributed by atoms with Crippen LogP contribution in [0.25, 0.3) is 0 Å². The van der Waals surface area contributed by atoms with Crippen LogP contribution in [-0.2, 0) is 4.74 Å². The Labute approximate surface area is 88.7 Å². The van der Waals surface area contributed by atoms with Crippen molar-refractivity contribution in [3.05, 3.63) is 17.5 Å². The lowest BCUT2D eigenvalue weighted by molar-refractivity contribution is 0.0870. The van der Waals surface area contributed by atoms with E-state index in [1.54, 1.807) is 6.07 Å². The second-order valence-electron chi connectivity index (χ2n) is 3.07. The Morgan fingerprint density at radius 2 is 2.29 bits per heavy atom. The van der Waals surface area contributed by atoms with E-state index < -0.39 is 0 Å². The van der Waals surface area contributed by atoms with Gasteiger partial charge in [0.15, 0.2) is 0 Å². The Morgan fingerprint density at radius 1 is 1.50 bits per heavy atom. The molecule has 0 aromatic carbocycles. The van der Waals surface area contributed by atoms with Crippen molar-refractivity contribution in [2.75, 3.05) is 18.5 Å². The highest BCUT2D eigenvalue weighted by Gasteiger charge is 1.96. The molecule has 0 unspecified atom stereocenters. The Hall–Kier alpha value is -0.870. The van der Waals surface area contributed by atoms with Gasteiger partial charge in [0.05, 0.1) is 12.7 Å². The first kappa shape index (κ1) is 11.2. The van der Waals surface area contributed by atoms with Gasteiger partial charge in [-0.15, -0.1) is 0 Å². The van der Waals surface area contributed by atoms with Gasteiger partial charge in [0.1, 0.15) is 17.3 Å². The highest BCUT2D eigenvalue weighted by molar-refractivity contribution is 6.29. The van der Waals surface area contributed by atoms with Gasteiger partial charge >= 0.3 is 0 Å². The molecule has 0 saturated carbocycles. The number of anilines is 1. The number of hydrogen-bond acceptors (Lipinski definition) is 4. The second kappa shape index (κ2) is 5.78. The average Bonchev–Trinajstić information content (AvgIpc) is 2.12. The van der Waals surface area contributed by atoms with Gasteiger partial charge in [0, 0.05) is 12.6 Å². The monoisotopic (exact) mass is 215 g/mol. The normalized spacial score (nSPS) is 10.6. The lowest BCUT2D eigenvalue weighted by Crippen LogP contribution is -2.13. The van der Waals surface area contributed by atoms with E-state index in [0.29, 0.717) is 18.3 Å². The van der Waals surface area contributed by atoms with Crippen LogP contribution in [0, 0.1) is 0 Å². The summed E-state index contributed by atoms with van der Waals surface area (Å²) in [6.07, 6.45) is 1.68. The zero-order chi connectivity index (χ0) is 10.4. The first-order valence-electron chi connectivity index (χ1n) is 4.51. The molecule has 1 aromatic heterocycles. The van der Waals surface area contributed by atoms with Gasteiger partial charge in [-0.3, -0.25) is 0 Å². The molecule has 1 N–H and O–H groups in total. The van der Waals surface area contributed by atoms with E-state index >= 15 is 0 Å². The van der Waals surface area contributed by atoms with E-state index in [2.05, 4.69) is 15.3 Å². The molecule has 0 aliphatic carbocycles. The molecule has 0 aliphatic heterocycles. The molecule has 0 atom stereocenters. The number of nitrogens with one attached hydrogen (secondary N) is 1. The molecule has 1 heterocycles. The van der Waals surface area contributed by atoms with E-state index in [1.807, 2.05) is 13.8 Å². The van der Waals surface area contributed by atoms with Crippen LogP contribution in [0.4, 0.5) is 5.82 Å². The van der Waals surface area contributed by atoms with Crippen molar-refractivity contribution < 1.29 is 4.74 Å². The van der Waals surface area contributed by atoms with E-state index in [0.717, 1.165) is 5.82 Å². The maximum Gasteiger partial charge on any atom is 0.134 e. The number of hydrogen-bond donors (Lipinski definition) is 1. The molecule has 1 rings (SSSR count). The maximum absolute atomic E-state index is 5.69. The van der Waals surface area contributed by atoms with E-state index in [-0.39, 0.29) is 6.10 Å². The summed E-state index contributed by atoms with van der Waals surface area (Å²) in [4.78, 5) is 7.77. The topological polar surface area (TPSA) is 47.0 Å². The first-order valence-corrected chi connectivity index (χ1v) is 4.89. The zero-order valence-electron chi connectivity index (χ0n) is 8.33. The number of rotatable bonds is 5. The van der Waals surface area contributed by atoms with Crippen LogP contribution in [0.2, 0.25) is 5.15 Å². The van der Waals surface area contributed by atoms with Crippen molar-refractivity contribution in [3.8, 4) is 0 Å². The van der Waals surface area contributed by atoms with Crippen molar-refractivity contribution >= 4 is 17.4 Å². The summed E-state index contributed by atoms with van der Waals surface area (Å²) in [6, 6.07) is 1.68.